The molecule has 0 atom stereocenters. The fraction of sp³-hybridized carbons (Fsp3) is 0.417. The zero-order valence-electron chi connectivity index (χ0n) is 10.2. The van der Waals surface area contributed by atoms with Crippen molar-refractivity contribution in [1.82, 2.24) is 5.32 Å². The van der Waals surface area contributed by atoms with E-state index in [2.05, 4.69) is 5.32 Å². The molecule has 3 nitrogen and oxygen atoms in total. The first-order valence-corrected chi connectivity index (χ1v) is 5.24. The molecule has 1 amide bonds. The zero-order chi connectivity index (χ0) is 13.1. The van der Waals surface area contributed by atoms with E-state index < -0.39 is 17.4 Å². The summed E-state index contributed by atoms with van der Waals surface area (Å²) in [6.07, 6.45) is 0. The van der Waals surface area contributed by atoms with Gasteiger partial charge in [0, 0.05) is 17.6 Å². The van der Waals surface area contributed by atoms with Crippen molar-refractivity contribution < 1.29 is 13.6 Å². The Kier molecular flexibility index (Phi) is 5.70. The van der Waals surface area contributed by atoms with Gasteiger partial charge in [-0.05, 0) is 13.8 Å². The van der Waals surface area contributed by atoms with Gasteiger partial charge in [-0.15, -0.1) is 12.4 Å². The van der Waals surface area contributed by atoms with E-state index in [0.717, 1.165) is 0 Å². The lowest BCUT2D eigenvalue weighted by Gasteiger charge is -2.22. The summed E-state index contributed by atoms with van der Waals surface area (Å²) in [6.45, 7) is 3.29. The van der Waals surface area contributed by atoms with Crippen LogP contribution in [0.1, 0.15) is 19.4 Å². The van der Waals surface area contributed by atoms with E-state index in [9.17, 15) is 13.6 Å². The Labute approximate surface area is 111 Å². The van der Waals surface area contributed by atoms with E-state index >= 15 is 0 Å². The monoisotopic (exact) mass is 278 g/mol. The van der Waals surface area contributed by atoms with Crippen LogP contribution in [0.2, 0.25) is 0 Å². The predicted molar refractivity (Wildman–Crippen MR) is 68.9 cm³/mol. The Bertz CT molecular complexity index is 391. The molecule has 0 radical (unpaired) electrons. The minimum absolute atomic E-state index is 0. The molecular formula is C12H17ClF2N2O. The van der Waals surface area contributed by atoms with Gasteiger partial charge in [-0.2, -0.15) is 8.78 Å². The van der Waals surface area contributed by atoms with Crippen LogP contribution in [0, 0.1) is 0 Å². The lowest BCUT2D eigenvalue weighted by atomic mass is 10.1. The van der Waals surface area contributed by atoms with E-state index in [4.69, 9.17) is 5.73 Å². The molecule has 3 N–H and O–H groups in total. The van der Waals surface area contributed by atoms with E-state index in [0.29, 0.717) is 0 Å². The van der Waals surface area contributed by atoms with Crippen LogP contribution >= 0.6 is 12.4 Å². The van der Waals surface area contributed by atoms with Crippen LogP contribution in [0.3, 0.4) is 0 Å². The van der Waals surface area contributed by atoms with Gasteiger partial charge in [-0.25, -0.2) is 0 Å². The van der Waals surface area contributed by atoms with Gasteiger partial charge in [0.05, 0.1) is 0 Å². The highest BCUT2D eigenvalue weighted by Gasteiger charge is 2.40. The summed E-state index contributed by atoms with van der Waals surface area (Å²) in [7, 11) is 0. The van der Waals surface area contributed by atoms with Crippen molar-refractivity contribution in [3.05, 3.63) is 35.9 Å². The number of hydrogen-bond donors (Lipinski definition) is 2. The third-order valence-corrected chi connectivity index (χ3v) is 2.13. The molecule has 0 aliphatic carbocycles. The van der Waals surface area contributed by atoms with Crippen molar-refractivity contribution in [1.29, 1.82) is 0 Å². The standard InChI is InChI=1S/C12H16F2N2O.ClH/c1-11(2,15)8-16-10(17)12(13,14)9-6-4-3-5-7-9;/h3-7H,8,15H2,1-2H3,(H,16,17);1H. The van der Waals surface area contributed by atoms with Gasteiger partial charge in [0.2, 0.25) is 0 Å². The number of benzene rings is 1. The van der Waals surface area contributed by atoms with Crippen molar-refractivity contribution in [3.63, 3.8) is 0 Å². The van der Waals surface area contributed by atoms with Gasteiger partial charge < -0.3 is 11.1 Å². The maximum absolute atomic E-state index is 13.7. The smallest absolute Gasteiger partial charge is 0.349 e. The van der Waals surface area contributed by atoms with Crippen LogP contribution in [0.4, 0.5) is 8.78 Å². The summed E-state index contributed by atoms with van der Waals surface area (Å²) >= 11 is 0. The second kappa shape index (κ2) is 6.11. The van der Waals surface area contributed by atoms with E-state index in [1.54, 1.807) is 19.9 Å². The van der Waals surface area contributed by atoms with Crippen molar-refractivity contribution in [2.45, 2.75) is 25.3 Å². The van der Waals surface area contributed by atoms with Gasteiger partial charge in [0.25, 0.3) is 5.91 Å². The molecule has 0 bridgehead atoms. The van der Waals surface area contributed by atoms with Crippen molar-refractivity contribution in [3.8, 4) is 0 Å². The highest BCUT2D eigenvalue weighted by molar-refractivity contribution is 5.85. The van der Waals surface area contributed by atoms with Gasteiger partial charge in [-0.1, -0.05) is 30.3 Å². The number of nitrogens with one attached hydrogen (secondary N) is 1. The highest BCUT2D eigenvalue weighted by Crippen LogP contribution is 2.27. The molecule has 0 spiro atoms. The first kappa shape index (κ1) is 16.8. The number of alkyl halides is 2. The Hall–Kier alpha value is -1.20. The van der Waals surface area contributed by atoms with Gasteiger partial charge in [-0.3, -0.25) is 4.79 Å². The van der Waals surface area contributed by atoms with E-state index in [1.165, 1.54) is 24.3 Å². The third kappa shape index (κ3) is 4.58. The van der Waals surface area contributed by atoms with Crippen LogP contribution in [0.15, 0.2) is 30.3 Å². The molecule has 0 aromatic heterocycles. The van der Waals surface area contributed by atoms with Gasteiger partial charge >= 0.3 is 5.92 Å². The van der Waals surface area contributed by atoms with Crippen molar-refractivity contribution in [2.24, 2.45) is 5.73 Å². The Balaban J connectivity index is 0.00000289. The van der Waals surface area contributed by atoms with E-state index in [-0.39, 0.29) is 24.5 Å². The summed E-state index contributed by atoms with van der Waals surface area (Å²) in [5.74, 6) is -4.87. The number of nitrogens with two attached hydrogens (primary N) is 1. The Morgan fingerprint density at radius 3 is 2.22 bits per heavy atom. The maximum Gasteiger partial charge on any atom is 0.349 e. The number of amides is 1. The van der Waals surface area contributed by atoms with Crippen LogP contribution in [-0.2, 0) is 10.7 Å². The molecule has 0 aliphatic heterocycles. The van der Waals surface area contributed by atoms with Crippen LogP contribution in [-0.4, -0.2) is 18.0 Å². The van der Waals surface area contributed by atoms with Gasteiger partial charge in [0.1, 0.15) is 0 Å². The fourth-order valence-corrected chi connectivity index (χ4v) is 1.20. The largest absolute Gasteiger partial charge is 0.349 e. The average molecular weight is 279 g/mol. The molecule has 102 valence electrons. The first-order valence-electron chi connectivity index (χ1n) is 5.24. The highest BCUT2D eigenvalue weighted by atomic mass is 35.5. The van der Waals surface area contributed by atoms with Crippen LogP contribution in [0.25, 0.3) is 0 Å². The number of hydrogen-bond acceptors (Lipinski definition) is 2. The number of halogens is 3. The predicted octanol–water partition coefficient (Wildman–Crippen LogP) is 2.05. The topological polar surface area (TPSA) is 55.1 Å². The molecule has 0 unspecified atom stereocenters. The average Bonchev–Trinajstić information content (AvgIpc) is 2.26. The molecular weight excluding hydrogens is 262 g/mol. The minimum atomic E-state index is -3.54. The Morgan fingerprint density at radius 1 is 1.28 bits per heavy atom. The second-order valence-corrected chi connectivity index (χ2v) is 4.61. The number of carbonyl (C=O) groups excluding carboxylic acids is 1. The summed E-state index contributed by atoms with van der Waals surface area (Å²) in [6, 6.07) is 6.97. The Morgan fingerprint density at radius 2 is 1.78 bits per heavy atom. The van der Waals surface area contributed by atoms with Crippen LogP contribution in [0.5, 0.6) is 0 Å². The number of rotatable bonds is 4. The number of carbonyl (C=O) groups is 1. The summed E-state index contributed by atoms with van der Waals surface area (Å²) in [5, 5.41) is 2.15. The molecule has 1 aromatic rings. The normalized spacial score (nSPS) is 11.6. The SMILES string of the molecule is CC(C)(N)CNC(=O)C(F)(F)c1ccccc1.Cl. The summed E-state index contributed by atoms with van der Waals surface area (Å²) in [5.41, 5.74) is 4.56. The molecule has 0 aliphatic rings. The minimum Gasteiger partial charge on any atom is -0.349 e. The van der Waals surface area contributed by atoms with Crippen molar-refractivity contribution >= 4 is 18.3 Å². The summed E-state index contributed by atoms with van der Waals surface area (Å²) in [4.78, 5) is 11.4. The van der Waals surface area contributed by atoms with Gasteiger partial charge in [0.15, 0.2) is 0 Å². The molecule has 0 saturated carbocycles. The fourth-order valence-electron chi connectivity index (χ4n) is 1.20. The molecule has 6 heteroatoms. The first-order chi connectivity index (χ1) is 7.73. The molecule has 18 heavy (non-hydrogen) atoms. The van der Waals surface area contributed by atoms with Crippen molar-refractivity contribution in [2.75, 3.05) is 6.54 Å². The molecule has 0 heterocycles. The maximum atomic E-state index is 13.7. The lowest BCUT2D eigenvalue weighted by molar-refractivity contribution is -0.147. The molecule has 1 rings (SSSR count). The lowest BCUT2D eigenvalue weighted by Crippen LogP contribution is -2.48. The van der Waals surface area contributed by atoms with Crippen LogP contribution < -0.4 is 11.1 Å². The third-order valence-electron chi connectivity index (χ3n) is 2.13. The quantitative estimate of drug-likeness (QED) is 0.886. The summed E-state index contributed by atoms with van der Waals surface area (Å²) < 4.78 is 27.3. The zero-order valence-corrected chi connectivity index (χ0v) is 11.1. The van der Waals surface area contributed by atoms with E-state index in [1.807, 2.05) is 0 Å². The molecule has 0 saturated heterocycles. The second-order valence-electron chi connectivity index (χ2n) is 4.61. The molecule has 0 fully saturated rings. The molecule has 1 aromatic carbocycles.